The van der Waals surface area contributed by atoms with Gasteiger partial charge in [0, 0.05) is 12.4 Å². The highest BCUT2D eigenvalue weighted by Crippen LogP contribution is 2.24. The first-order valence-corrected chi connectivity index (χ1v) is 6.67. The summed E-state index contributed by atoms with van der Waals surface area (Å²) >= 11 is 0. The highest BCUT2D eigenvalue weighted by atomic mass is 16.1. The van der Waals surface area contributed by atoms with Crippen LogP contribution >= 0.6 is 0 Å². The average molecular weight is 236 g/mol. The molecule has 1 aromatic heterocycles. The predicted octanol–water partition coefficient (Wildman–Crippen LogP) is 3.54. The van der Waals surface area contributed by atoms with Crippen molar-refractivity contribution in [3.8, 4) is 0 Å². The van der Waals surface area contributed by atoms with Crippen LogP contribution in [-0.2, 0) is 4.79 Å². The molecule has 0 fully saturated rings. The molecular weight excluding hydrogens is 212 g/mol. The van der Waals surface area contributed by atoms with Crippen molar-refractivity contribution >= 4 is 6.29 Å². The molecule has 0 aliphatic heterocycles. The maximum Gasteiger partial charge on any atom is 0.142 e. The molecule has 0 spiro atoms. The van der Waals surface area contributed by atoms with Gasteiger partial charge in [-0.25, -0.2) is 4.98 Å². The molecular formula is C14H24N2O. The number of carbonyl (C=O) groups excluding carboxylic acids is 1. The van der Waals surface area contributed by atoms with E-state index >= 15 is 0 Å². The van der Waals surface area contributed by atoms with E-state index in [0.717, 1.165) is 25.0 Å². The van der Waals surface area contributed by atoms with Crippen molar-refractivity contribution in [2.75, 3.05) is 0 Å². The standard InChI is InChI=1S/C14H24N2O/c1-4-6-7-13(5-2)10-14(11-17)16-9-8-15-12(16)3/h8-9,11,13-14H,4-7,10H2,1-3H3. The topological polar surface area (TPSA) is 34.9 Å². The monoisotopic (exact) mass is 236 g/mol. The van der Waals surface area contributed by atoms with Gasteiger partial charge in [-0.1, -0.05) is 39.5 Å². The van der Waals surface area contributed by atoms with Crippen LogP contribution in [0.2, 0.25) is 0 Å². The Morgan fingerprint density at radius 1 is 1.47 bits per heavy atom. The van der Waals surface area contributed by atoms with E-state index in [0.29, 0.717) is 5.92 Å². The molecule has 0 bridgehead atoms. The van der Waals surface area contributed by atoms with E-state index in [-0.39, 0.29) is 6.04 Å². The quantitative estimate of drug-likeness (QED) is 0.647. The van der Waals surface area contributed by atoms with E-state index in [2.05, 4.69) is 18.8 Å². The van der Waals surface area contributed by atoms with Gasteiger partial charge >= 0.3 is 0 Å². The van der Waals surface area contributed by atoms with Gasteiger partial charge in [-0.2, -0.15) is 0 Å². The van der Waals surface area contributed by atoms with E-state index < -0.39 is 0 Å². The second kappa shape index (κ2) is 7.25. The minimum Gasteiger partial charge on any atom is -0.325 e. The Balaban J connectivity index is 2.62. The lowest BCUT2D eigenvalue weighted by atomic mass is 9.92. The summed E-state index contributed by atoms with van der Waals surface area (Å²) in [6, 6.07) is -0.0423. The molecule has 0 saturated heterocycles. The zero-order valence-electron chi connectivity index (χ0n) is 11.2. The lowest BCUT2D eigenvalue weighted by molar-refractivity contribution is -0.111. The number of nitrogens with zero attached hydrogens (tertiary/aromatic N) is 2. The van der Waals surface area contributed by atoms with Gasteiger partial charge in [0.1, 0.15) is 12.1 Å². The van der Waals surface area contributed by atoms with Gasteiger partial charge in [0.05, 0.1) is 6.04 Å². The summed E-state index contributed by atoms with van der Waals surface area (Å²) < 4.78 is 1.99. The lowest BCUT2D eigenvalue weighted by Crippen LogP contribution is -2.16. The molecule has 3 heteroatoms. The Morgan fingerprint density at radius 2 is 2.24 bits per heavy atom. The maximum absolute atomic E-state index is 11.2. The van der Waals surface area contributed by atoms with Crippen LogP contribution < -0.4 is 0 Å². The van der Waals surface area contributed by atoms with Crippen molar-refractivity contribution in [1.29, 1.82) is 0 Å². The lowest BCUT2D eigenvalue weighted by Gasteiger charge is -2.20. The van der Waals surface area contributed by atoms with Crippen LogP contribution in [0.4, 0.5) is 0 Å². The normalized spacial score (nSPS) is 14.5. The minimum absolute atomic E-state index is 0.0423. The second-order valence-corrected chi connectivity index (χ2v) is 4.74. The number of aryl methyl sites for hydroxylation is 1. The first-order chi connectivity index (χ1) is 8.22. The summed E-state index contributed by atoms with van der Waals surface area (Å²) in [7, 11) is 0. The maximum atomic E-state index is 11.2. The zero-order valence-corrected chi connectivity index (χ0v) is 11.2. The van der Waals surface area contributed by atoms with Crippen LogP contribution in [0.3, 0.4) is 0 Å². The third-order valence-electron chi connectivity index (χ3n) is 3.49. The molecule has 0 amide bonds. The molecule has 0 aromatic carbocycles. The summed E-state index contributed by atoms with van der Waals surface area (Å²) in [6.45, 7) is 6.37. The van der Waals surface area contributed by atoms with Crippen molar-refractivity contribution in [3.63, 3.8) is 0 Å². The summed E-state index contributed by atoms with van der Waals surface area (Å²) in [4.78, 5) is 15.4. The van der Waals surface area contributed by atoms with Crippen molar-refractivity contribution in [3.05, 3.63) is 18.2 Å². The largest absolute Gasteiger partial charge is 0.325 e. The first kappa shape index (κ1) is 13.9. The molecule has 96 valence electrons. The Bertz CT molecular complexity index is 333. The van der Waals surface area contributed by atoms with Gasteiger partial charge in [0.25, 0.3) is 0 Å². The molecule has 0 aliphatic carbocycles. The summed E-state index contributed by atoms with van der Waals surface area (Å²) in [5.74, 6) is 1.57. The Labute approximate surface area is 104 Å². The Kier molecular flexibility index (Phi) is 5.95. The smallest absolute Gasteiger partial charge is 0.142 e. The average Bonchev–Trinajstić information content (AvgIpc) is 2.76. The number of hydrogen-bond donors (Lipinski definition) is 0. The molecule has 0 N–H and O–H groups in total. The van der Waals surface area contributed by atoms with Gasteiger partial charge in [0.2, 0.25) is 0 Å². The third-order valence-corrected chi connectivity index (χ3v) is 3.49. The number of rotatable bonds is 8. The second-order valence-electron chi connectivity index (χ2n) is 4.74. The van der Waals surface area contributed by atoms with Crippen molar-refractivity contribution in [2.45, 2.75) is 58.9 Å². The first-order valence-electron chi connectivity index (χ1n) is 6.67. The minimum atomic E-state index is -0.0423. The molecule has 0 radical (unpaired) electrons. The number of aldehydes is 1. The molecule has 17 heavy (non-hydrogen) atoms. The van der Waals surface area contributed by atoms with E-state index in [1.165, 1.54) is 19.3 Å². The number of unbranched alkanes of at least 4 members (excludes halogenated alkanes) is 1. The number of imidazole rings is 1. The number of carbonyl (C=O) groups is 1. The summed E-state index contributed by atoms with van der Waals surface area (Å²) in [6.07, 6.45) is 10.5. The van der Waals surface area contributed by atoms with Crippen LogP contribution in [0.1, 0.15) is 57.8 Å². The molecule has 0 aliphatic rings. The molecule has 2 unspecified atom stereocenters. The van der Waals surface area contributed by atoms with Crippen LogP contribution in [0.5, 0.6) is 0 Å². The molecule has 2 atom stereocenters. The van der Waals surface area contributed by atoms with Crippen molar-refractivity contribution in [1.82, 2.24) is 9.55 Å². The van der Waals surface area contributed by atoms with Gasteiger partial charge in [-0.3, -0.25) is 0 Å². The number of aromatic nitrogens is 2. The van der Waals surface area contributed by atoms with Crippen LogP contribution in [0.15, 0.2) is 12.4 Å². The molecule has 3 nitrogen and oxygen atoms in total. The van der Waals surface area contributed by atoms with Crippen LogP contribution in [-0.4, -0.2) is 15.8 Å². The van der Waals surface area contributed by atoms with Gasteiger partial charge < -0.3 is 9.36 Å². The predicted molar refractivity (Wildman–Crippen MR) is 70.0 cm³/mol. The van der Waals surface area contributed by atoms with E-state index in [1.54, 1.807) is 6.20 Å². The molecule has 1 aromatic rings. The van der Waals surface area contributed by atoms with E-state index in [9.17, 15) is 4.79 Å². The van der Waals surface area contributed by atoms with Crippen LogP contribution in [0.25, 0.3) is 0 Å². The fraction of sp³-hybridized carbons (Fsp3) is 0.714. The van der Waals surface area contributed by atoms with E-state index in [1.807, 2.05) is 17.7 Å². The van der Waals surface area contributed by atoms with Gasteiger partial charge in [-0.05, 0) is 19.3 Å². The molecule has 1 rings (SSSR count). The Morgan fingerprint density at radius 3 is 2.71 bits per heavy atom. The fourth-order valence-corrected chi connectivity index (χ4v) is 2.30. The molecule has 1 heterocycles. The van der Waals surface area contributed by atoms with Crippen molar-refractivity contribution < 1.29 is 4.79 Å². The highest BCUT2D eigenvalue weighted by molar-refractivity contribution is 5.56. The molecule has 0 saturated carbocycles. The summed E-state index contributed by atoms with van der Waals surface area (Å²) in [5, 5.41) is 0. The van der Waals surface area contributed by atoms with E-state index in [4.69, 9.17) is 0 Å². The zero-order chi connectivity index (χ0) is 12.7. The van der Waals surface area contributed by atoms with Crippen LogP contribution in [0, 0.1) is 12.8 Å². The van der Waals surface area contributed by atoms with Gasteiger partial charge in [-0.15, -0.1) is 0 Å². The fourth-order valence-electron chi connectivity index (χ4n) is 2.30. The summed E-state index contributed by atoms with van der Waals surface area (Å²) in [5.41, 5.74) is 0. The van der Waals surface area contributed by atoms with Gasteiger partial charge in [0.15, 0.2) is 0 Å². The number of hydrogen-bond acceptors (Lipinski definition) is 2. The van der Waals surface area contributed by atoms with Crippen molar-refractivity contribution in [2.24, 2.45) is 5.92 Å². The third kappa shape index (κ3) is 3.99. The SMILES string of the molecule is CCCCC(CC)CC(C=O)n1ccnc1C. The Hall–Kier alpha value is -1.12. The highest BCUT2D eigenvalue weighted by Gasteiger charge is 2.17.